The summed E-state index contributed by atoms with van der Waals surface area (Å²) in [4.78, 5) is 16.7. The number of aromatic nitrogens is 2. The van der Waals surface area contributed by atoms with Gasteiger partial charge in [-0.25, -0.2) is 9.37 Å². The van der Waals surface area contributed by atoms with Crippen LogP contribution in [0.1, 0.15) is 39.0 Å². The van der Waals surface area contributed by atoms with Crippen molar-refractivity contribution in [3.8, 4) is 5.69 Å². The van der Waals surface area contributed by atoms with Crippen LogP contribution in [0.2, 0.25) is 0 Å². The van der Waals surface area contributed by atoms with Gasteiger partial charge < -0.3 is 5.32 Å². The van der Waals surface area contributed by atoms with Crippen molar-refractivity contribution in [3.05, 3.63) is 42.5 Å². The van der Waals surface area contributed by atoms with E-state index in [2.05, 4.69) is 10.3 Å². The maximum absolute atomic E-state index is 13.5. The fraction of sp³-hybridized carbons (Fsp3) is 0.474. The second kappa shape index (κ2) is 8.52. The van der Waals surface area contributed by atoms with Gasteiger partial charge in [0.25, 0.3) is 0 Å². The molecule has 0 radical (unpaired) electrons. The van der Waals surface area contributed by atoms with Gasteiger partial charge in [0.15, 0.2) is 5.16 Å². The van der Waals surface area contributed by atoms with E-state index in [1.165, 1.54) is 56.0 Å². The summed E-state index contributed by atoms with van der Waals surface area (Å²) in [6.07, 6.45) is 9.74. The molecule has 1 heterocycles. The summed E-state index contributed by atoms with van der Waals surface area (Å²) in [6, 6.07) is 6.36. The van der Waals surface area contributed by atoms with Crippen molar-refractivity contribution in [2.24, 2.45) is 5.92 Å². The zero-order valence-electron chi connectivity index (χ0n) is 14.5. The molecule has 1 aliphatic carbocycles. The molecule has 0 aliphatic heterocycles. The van der Waals surface area contributed by atoms with Crippen molar-refractivity contribution in [1.29, 1.82) is 0 Å². The summed E-state index contributed by atoms with van der Waals surface area (Å²) in [5.74, 6) is 0.356. The SMILES string of the molecule is C[C@H](Sc1nccn1-c1cccc(F)c1)C(=O)NCC1CCCCC1. The minimum Gasteiger partial charge on any atom is -0.355 e. The van der Waals surface area contributed by atoms with Crippen LogP contribution in [0.15, 0.2) is 41.8 Å². The molecule has 1 N–H and O–H groups in total. The number of benzene rings is 1. The Morgan fingerprint density at radius 1 is 1.40 bits per heavy atom. The van der Waals surface area contributed by atoms with Gasteiger partial charge >= 0.3 is 0 Å². The zero-order valence-corrected chi connectivity index (χ0v) is 15.3. The summed E-state index contributed by atoms with van der Waals surface area (Å²) < 4.78 is 15.3. The summed E-state index contributed by atoms with van der Waals surface area (Å²) in [7, 11) is 0. The molecule has 6 heteroatoms. The van der Waals surface area contributed by atoms with Gasteiger partial charge in [0.2, 0.25) is 5.91 Å². The van der Waals surface area contributed by atoms with Crippen molar-refractivity contribution in [2.75, 3.05) is 6.54 Å². The van der Waals surface area contributed by atoms with Crippen molar-refractivity contribution in [3.63, 3.8) is 0 Å². The van der Waals surface area contributed by atoms with Gasteiger partial charge in [-0.05, 0) is 43.9 Å². The molecular weight excluding hydrogens is 337 g/mol. The van der Waals surface area contributed by atoms with Crippen LogP contribution in [0.4, 0.5) is 4.39 Å². The molecular formula is C19H24FN3OS. The first kappa shape index (κ1) is 18.0. The average Bonchev–Trinajstić information content (AvgIpc) is 3.08. The standard InChI is InChI=1S/C19H24FN3OS/c1-14(18(24)22-13-15-6-3-2-4-7-15)25-19-21-10-11-23(19)17-9-5-8-16(20)12-17/h5,8-12,14-15H,2-4,6-7,13H2,1H3,(H,22,24)/t14-/m0/s1. The first-order valence-corrected chi connectivity index (χ1v) is 9.75. The summed E-state index contributed by atoms with van der Waals surface area (Å²) >= 11 is 1.39. The molecule has 1 saturated carbocycles. The number of rotatable bonds is 6. The van der Waals surface area contributed by atoms with Gasteiger partial charge in [0, 0.05) is 18.9 Å². The molecule has 4 nitrogen and oxygen atoms in total. The van der Waals surface area contributed by atoms with Crippen molar-refractivity contribution < 1.29 is 9.18 Å². The van der Waals surface area contributed by atoms with Crippen LogP contribution in [0, 0.1) is 11.7 Å². The van der Waals surface area contributed by atoms with Crippen molar-refractivity contribution in [2.45, 2.75) is 49.4 Å². The molecule has 25 heavy (non-hydrogen) atoms. The van der Waals surface area contributed by atoms with Crippen LogP contribution < -0.4 is 5.32 Å². The average molecular weight is 361 g/mol. The molecule has 0 bridgehead atoms. The highest BCUT2D eigenvalue weighted by Crippen LogP contribution is 2.26. The van der Waals surface area contributed by atoms with E-state index in [-0.39, 0.29) is 17.0 Å². The highest BCUT2D eigenvalue weighted by Gasteiger charge is 2.20. The largest absolute Gasteiger partial charge is 0.355 e. The van der Waals surface area contributed by atoms with Crippen LogP contribution in [0.3, 0.4) is 0 Å². The lowest BCUT2D eigenvalue weighted by molar-refractivity contribution is -0.120. The first-order valence-electron chi connectivity index (χ1n) is 8.87. The van der Waals surface area contributed by atoms with Crippen LogP contribution in [0.5, 0.6) is 0 Å². The molecule has 3 rings (SSSR count). The van der Waals surface area contributed by atoms with E-state index in [1.807, 2.05) is 13.0 Å². The van der Waals surface area contributed by atoms with Gasteiger partial charge in [-0.1, -0.05) is 37.1 Å². The van der Waals surface area contributed by atoms with E-state index in [9.17, 15) is 9.18 Å². The lowest BCUT2D eigenvalue weighted by atomic mass is 9.89. The lowest BCUT2D eigenvalue weighted by Crippen LogP contribution is -2.35. The number of halogens is 1. The number of carbonyl (C=O) groups excluding carboxylic acids is 1. The molecule has 134 valence electrons. The monoisotopic (exact) mass is 361 g/mol. The van der Waals surface area contributed by atoms with E-state index < -0.39 is 0 Å². The molecule has 1 atom stereocenters. The normalized spacial score (nSPS) is 16.6. The highest BCUT2D eigenvalue weighted by atomic mass is 32.2. The van der Waals surface area contributed by atoms with E-state index in [0.29, 0.717) is 16.8 Å². The number of thioether (sulfide) groups is 1. The van der Waals surface area contributed by atoms with Gasteiger partial charge in [-0.15, -0.1) is 0 Å². The van der Waals surface area contributed by atoms with Crippen LogP contribution in [0.25, 0.3) is 5.69 Å². The Balaban J connectivity index is 1.58. The fourth-order valence-electron chi connectivity index (χ4n) is 3.19. The molecule has 1 fully saturated rings. The number of amides is 1. The van der Waals surface area contributed by atoms with Crippen molar-refractivity contribution >= 4 is 17.7 Å². The van der Waals surface area contributed by atoms with Gasteiger partial charge in [-0.3, -0.25) is 9.36 Å². The minimum absolute atomic E-state index is 0.0318. The Kier molecular flexibility index (Phi) is 6.13. The molecule has 1 aliphatic rings. The van der Waals surface area contributed by atoms with E-state index in [4.69, 9.17) is 0 Å². The van der Waals surface area contributed by atoms with E-state index in [1.54, 1.807) is 23.0 Å². The Morgan fingerprint density at radius 3 is 2.96 bits per heavy atom. The molecule has 1 amide bonds. The van der Waals surface area contributed by atoms with Crippen LogP contribution >= 0.6 is 11.8 Å². The van der Waals surface area contributed by atoms with Crippen LogP contribution in [-0.4, -0.2) is 27.3 Å². The Bertz CT molecular complexity index is 712. The fourth-order valence-corrected chi connectivity index (χ4v) is 4.10. The van der Waals surface area contributed by atoms with Gasteiger partial charge in [0.05, 0.1) is 10.9 Å². The van der Waals surface area contributed by atoms with Crippen LogP contribution in [-0.2, 0) is 4.79 Å². The second-order valence-corrected chi connectivity index (χ2v) is 7.88. The van der Waals surface area contributed by atoms with Gasteiger partial charge in [-0.2, -0.15) is 0 Å². The number of carbonyl (C=O) groups is 1. The number of imidazole rings is 1. The number of nitrogens with zero attached hydrogens (tertiary/aromatic N) is 2. The zero-order chi connectivity index (χ0) is 17.6. The third-order valence-corrected chi connectivity index (χ3v) is 5.71. The van der Waals surface area contributed by atoms with E-state index >= 15 is 0 Å². The summed E-state index contributed by atoms with van der Waals surface area (Å²) in [5.41, 5.74) is 0.704. The van der Waals surface area contributed by atoms with E-state index in [0.717, 1.165) is 6.54 Å². The lowest BCUT2D eigenvalue weighted by Gasteiger charge is -2.22. The number of hydrogen-bond acceptors (Lipinski definition) is 3. The third-order valence-electron chi connectivity index (χ3n) is 4.63. The maximum atomic E-state index is 13.5. The topological polar surface area (TPSA) is 46.9 Å². The molecule has 0 spiro atoms. The number of hydrogen-bond donors (Lipinski definition) is 1. The Labute approximate surface area is 152 Å². The molecule has 0 unspecified atom stereocenters. The Morgan fingerprint density at radius 2 is 2.20 bits per heavy atom. The first-order chi connectivity index (χ1) is 12.1. The molecule has 1 aromatic carbocycles. The second-order valence-electron chi connectivity index (χ2n) is 6.57. The predicted octanol–water partition coefficient (Wildman–Crippen LogP) is 4.19. The number of nitrogens with one attached hydrogen (secondary N) is 1. The van der Waals surface area contributed by atoms with Gasteiger partial charge in [0.1, 0.15) is 5.82 Å². The summed E-state index contributed by atoms with van der Waals surface area (Å²) in [5, 5.41) is 3.51. The van der Waals surface area contributed by atoms with Crippen molar-refractivity contribution in [1.82, 2.24) is 14.9 Å². The predicted molar refractivity (Wildman–Crippen MR) is 98.4 cm³/mol. The maximum Gasteiger partial charge on any atom is 0.233 e. The molecule has 2 aromatic rings. The quantitative estimate of drug-likeness (QED) is 0.785. The third kappa shape index (κ3) is 4.84. The summed E-state index contributed by atoms with van der Waals surface area (Å²) in [6.45, 7) is 2.65. The highest BCUT2D eigenvalue weighted by molar-refractivity contribution is 8.00. The Hall–Kier alpha value is -1.82. The molecule has 1 aromatic heterocycles. The smallest absolute Gasteiger partial charge is 0.233 e. The minimum atomic E-state index is -0.291. The molecule has 0 saturated heterocycles.